The molecule has 0 amide bonds. The van der Waals surface area contributed by atoms with Crippen LogP contribution in [-0.2, 0) is 23.9 Å². The quantitative estimate of drug-likeness (QED) is 0.573. The molecule has 0 aliphatic heterocycles. The lowest BCUT2D eigenvalue weighted by molar-refractivity contribution is -0.182. The van der Waals surface area contributed by atoms with Crippen LogP contribution in [0.5, 0.6) is 5.75 Å². The number of carbonyl (C=O) groups is 3. The van der Waals surface area contributed by atoms with E-state index in [2.05, 4.69) is 0 Å². The average molecular weight is 435 g/mol. The summed E-state index contributed by atoms with van der Waals surface area (Å²) in [5, 5.41) is 11.1. The third-order valence-electron chi connectivity index (χ3n) is 5.09. The normalized spacial score (nSPS) is 26.9. The highest BCUT2D eigenvalue weighted by atomic mass is 16.6. The molecule has 0 unspecified atom stereocenters. The fourth-order valence-electron chi connectivity index (χ4n) is 3.97. The number of ether oxygens (including phenoxy) is 3. The van der Waals surface area contributed by atoms with Gasteiger partial charge in [0.05, 0.1) is 18.6 Å². The number of esters is 2. The van der Waals surface area contributed by atoms with Crippen molar-refractivity contribution < 1.29 is 33.7 Å². The van der Waals surface area contributed by atoms with Crippen molar-refractivity contribution in [3.05, 3.63) is 29.8 Å². The lowest BCUT2D eigenvalue weighted by Crippen LogP contribution is -2.56. The van der Waals surface area contributed by atoms with Gasteiger partial charge in [-0.1, -0.05) is 12.1 Å². The van der Waals surface area contributed by atoms with Crippen LogP contribution >= 0.6 is 0 Å². The van der Waals surface area contributed by atoms with E-state index in [0.717, 1.165) is 0 Å². The van der Waals surface area contributed by atoms with Crippen molar-refractivity contribution >= 4 is 17.7 Å². The summed E-state index contributed by atoms with van der Waals surface area (Å²) in [7, 11) is 1.52. The Bertz CT molecular complexity index is 825. The molecule has 0 spiro atoms. The van der Waals surface area contributed by atoms with E-state index in [4.69, 9.17) is 14.2 Å². The van der Waals surface area contributed by atoms with Gasteiger partial charge < -0.3 is 19.3 Å². The summed E-state index contributed by atoms with van der Waals surface area (Å²) in [6.45, 7) is 11.7. The van der Waals surface area contributed by atoms with Crippen molar-refractivity contribution in [1.29, 1.82) is 0 Å². The summed E-state index contributed by atoms with van der Waals surface area (Å²) in [5.41, 5.74) is -2.77. The number of methoxy groups -OCH3 is 1. The molecule has 0 radical (unpaired) electrons. The zero-order valence-corrected chi connectivity index (χ0v) is 19.6. The van der Waals surface area contributed by atoms with Crippen molar-refractivity contribution in [3.8, 4) is 5.75 Å². The van der Waals surface area contributed by atoms with Crippen LogP contribution < -0.4 is 4.74 Å². The van der Waals surface area contributed by atoms with Gasteiger partial charge >= 0.3 is 11.9 Å². The van der Waals surface area contributed by atoms with E-state index in [0.29, 0.717) is 11.3 Å². The molecular weight excluding hydrogens is 400 g/mol. The van der Waals surface area contributed by atoms with Crippen LogP contribution in [0, 0.1) is 11.8 Å². The molecular formula is C24H34O7. The molecule has 4 atom stereocenters. The second kappa shape index (κ2) is 8.61. The van der Waals surface area contributed by atoms with Crippen molar-refractivity contribution in [2.45, 2.75) is 77.6 Å². The van der Waals surface area contributed by atoms with Gasteiger partial charge in [-0.25, -0.2) is 0 Å². The first-order chi connectivity index (χ1) is 14.1. The summed E-state index contributed by atoms with van der Waals surface area (Å²) >= 11 is 0. The van der Waals surface area contributed by atoms with E-state index >= 15 is 0 Å². The van der Waals surface area contributed by atoms with Crippen molar-refractivity contribution in [3.63, 3.8) is 0 Å². The molecule has 1 saturated carbocycles. The first kappa shape index (κ1) is 24.9. The molecule has 0 saturated heterocycles. The van der Waals surface area contributed by atoms with Gasteiger partial charge in [-0.05, 0) is 66.2 Å². The van der Waals surface area contributed by atoms with Gasteiger partial charge in [0.2, 0.25) is 0 Å². The van der Waals surface area contributed by atoms with Crippen LogP contribution in [0.1, 0.15) is 66.4 Å². The summed E-state index contributed by atoms with van der Waals surface area (Å²) in [6.07, 6.45) is -0.354. The summed E-state index contributed by atoms with van der Waals surface area (Å²) in [6, 6.07) is 6.74. The minimum atomic E-state index is -1.69. The molecule has 1 N–H and O–H groups in total. The molecule has 2 rings (SSSR count). The van der Waals surface area contributed by atoms with Gasteiger partial charge in [0, 0.05) is 12.3 Å². The highest BCUT2D eigenvalue weighted by Crippen LogP contribution is 2.47. The van der Waals surface area contributed by atoms with Crippen LogP contribution in [-0.4, -0.2) is 46.7 Å². The van der Waals surface area contributed by atoms with Crippen molar-refractivity contribution in [2.24, 2.45) is 11.8 Å². The van der Waals surface area contributed by atoms with Crippen LogP contribution in [0.3, 0.4) is 0 Å². The van der Waals surface area contributed by atoms with Gasteiger partial charge in [0.15, 0.2) is 5.78 Å². The Kier molecular flexibility index (Phi) is 6.91. The number of benzene rings is 1. The Labute approximate surface area is 184 Å². The minimum absolute atomic E-state index is 0.354. The molecule has 0 aromatic heterocycles. The largest absolute Gasteiger partial charge is 0.497 e. The van der Waals surface area contributed by atoms with E-state index in [9.17, 15) is 19.5 Å². The molecule has 7 nitrogen and oxygen atoms in total. The number of hydrogen-bond donors (Lipinski definition) is 1. The van der Waals surface area contributed by atoms with Crippen LogP contribution in [0.4, 0.5) is 0 Å². The molecule has 1 aromatic rings. The molecule has 0 heterocycles. The predicted octanol–water partition coefficient (Wildman–Crippen LogP) is 3.42. The van der Waals surface area contributed by atoms with Crippen LogP contribution in [0.25, 0.3) is 0 Å². The van der Waals surface area contributed by atoms with E-state index in [1.54, 1.807) is 65.8 Å². The molecule has 1 fully saturated rings. The van der Waals surface area contributed by atoms with E-state index < -0.39 is 52.3 Å². The molecule has 31 heavy (non-hydrogen) atoms. The van der Waals surface area contributed by atoms with Gasteiger partial charge in [-0.2, -0.15) is 0 Å². The zero-order chi connectivity index (χ0) is 23.8. The maximum Gasteiger partial charge on any atom is 0.317 e. The van der Waals surface area contributed by atoms with Gasteiger partial charge in [0.1, 0.15) is 22.9 Å². The topological polar surface area (TPSA) is 99.1 Å². The summed E-state index contributed by atoms with van der Waals surface area (Å²) < 4.78 is 16.3. The van der Waals surface area contributed by atoms with Crippen LogP contribution in [0.2, 0.25) is 0 Å². The maximum absolute atomic E-state index is 13.2. The number of Topliss-reactive ketones (excluding diaryl/α,β-unsaturated/α-hetero) is 1. The monoisotopic (exact) mass is 434 g/mol. The van der Waals surface area contributed by atoms with Crippen molar-refractivity contribution in [2.75, 3.05) is 7.11 Å². The second-order valence-corrected chi connectivity index (χ2v) is 10.3. The lowest BCUT2D eigenvalue weighted by Gasteiger charge is -2.44. The lowest BCUT2D eigenvalue weighted by atomic mass is 9.61. The minimum Gasteiger partial charge on any atom is -0.497 e. The smallest absolute Gasteiger partial charge is 0.317 e. The maximum atomic E-state index is 13.2. The predicted molar refractivity (Wildman–Crippen MR) is 115 cm³/mol. The first-order valence-electron chi connectivity index (χ1n) is 10.4. The standard InChI is InChI=1S/C24H34O7/c1-22(2,3)30-20(26)18-16(25)13-24(7,28)19(21(27)31-23(4,5)6)17(18)14-9-11-15(29-8)12-10-14/h9-12,17-19,28H,13H2,1-8H3/t17-,18-,19+,24-/m1/s1. The first-order valence-corrected chi connectivity index (χ1v) is 10.4. The third kappa shape index (κ3) is 6.06. The average Bonchev–Trinajstić information content (AvgIpc) is 2.56. The van der Waals surface area contributed by atoms with Crippen molar-refractivity contribution in [1.82, 2.24) is 0 Å². The van der Waals surface area contributed by atoms with Gasteiger partial charge in [0.25, 0.3) is 0 Å². The highest BCUT2D eigenvalue weighted by Gasteiger charge is 2.57. The molecule has 1 aromatic carbocycles. The van der Waals surface area contributed by atoms with E-state index in [-0.39, 0.29) is 6.42 Å². The number of carbonyl (C=O) groups excluding carboxylic acids is 3. The Morgan fingerprint density at radius 3 is 1.90 bits per heavy atom. The Balaban J connectivity index is 2.63. The number of ketones is 1. The zero-order valence-electron chi connectivity index (χ0n) is 19.6. The highest BCUT2D eigenvalue weighted by molar-refractivity contribution is 6.03. The molecule has 1 aliphatic rings. The number of rotatable bonds is 4. The summed E-state index contributed by atoms with van der Waals surface area (Å²) in [5.74, 6) is -4.62. The molecule has 172 valence electrons. The third-order valence-corrected chi connectivity index (χ3v) is 5.09. The Morgan fingerprint density at radius 1 is 0.968 bits per heavy atom. The fraction of sp³-hybridized carbons (Fsp3) is 0.625. The fourth-order valence-corrected chi connectivity index (χ4v) is 3.97. The number of aliphatic hydroxyl groups is 1. The molecule has 0 bridgehead atoms. The molecule has 1 aliphatic carbocycles. The summed E-state index contributed by atoms with van der Waals surface area (Å²) in [4.78, 5) is 39.4. The van der Waals surface area contributed by atoms with Gasteiger partial charge in [-0.15, -0.1) is 0 Å². The Morgan fingerprint density at radius 2 is 1.45 bits per heavy atom. The SMILES string of the molecule is COc1ccc([C@@H]2[C@H](C(=O)OC(C)(C)C)C(=O)C[C@@](C)(O)[C@@H]2C(=O)OC(C)(C)C)cc1. The van der Waals surface area contributed by atoms with Crippen LogP contribution in [0.15, 0.2) is 24.3 Å². The Hall–Kier alpha value is -2.41. The molecule has 7 heteroatoms. The number of hydrogen-bond acceptors (Lipinski definition) is 7. The second-order valence-electron chi connectivity index (χ2n) is 10.3. The van der Waals surface area contributed by atoms with E-state index in [1.165, 1.54) is 14.0 Å². The van der Waals surface area contributed by atoms with Gasteiger partial charge in [-0.3, -0.25) is 14.4 Å². The van der Waals surface area contributed by atoms with E-state index in [1.807, 2.05) is 0 Å².